The van der Waals surface area contributed by atoms with Crippen molar-refractivity contribution in [1.82, 2.24) is 25.4 Å². The topological polar surface area (TPSA) is 158 Å². The van der Waals surface area contributed by atoms with E-state index in [-0.39, 0.29) is 49.5 Å². The fraction of sp³-hybridized carbons (Fsp3) is 0.395. The molecule has 0 unspecified atom stereocenters. The van der Waals surface area contributed by atoms with E-state index in [0.717, 1.165) is 38.9 Å². The first-order valence-electron chi connectivity index (χ1n) is 17.7. The summed E-state index contributed by atoms with van der Waals surface area (Å²) < 4.78 is 7.87. The van der Waals surface area contributed by atoms with Gasteiger partial charge >= 0.3 is 0 Å². The molecule has 0 bridgehead atoms. The number of benzene rings is 2. The highest BCUT2D eigenvalue weighted by Crippen LogP contribution is 2.40. The number of hydrogen-bond donors (Lipinski definition) is 2. The summed E-state index contributed by atoms with van der Waals surface area (Å²) in [4.78, 5) is 48.3. The Morgan fingerprint density at radius 1 is 1.06 bits per heavy atom. The molecule has 13 nitrogen and oxygen atoms in total. The number of carbonyl (C=O) groups excluding carboxylic acids is 3. The van der Waals surface area contributed by atoms with Crippen molar-refractivity contribution >= 4 is 69.3 Å². The van der Waals surface area contributed by atoms with Gasteiger partial charge in [0.05, 0.1) is 43.4 Å². The van der Waals surface area contributed by atoms with Gasteiger partial charge in [-0.1, -0.05) is 23.7 Å². The van der Waals surface area contributed by atoms with Crippen LogP contribution in [0.15, 0.2) is 47.5 Å². The Labute approximate surface area is 327 Å². The Kier molecular flexibility index (Phi) is 12.5. The van der Waals surface area contributed by atoms with E-state index in [0.29, 0.717) is 61.4 Å². The lowest BCUT2D eigenvalue weighted by Crippen LogP contribution is -2.41. The second-order valence-electron chi connectivity index (χ2n) is 13.0. The minimum Gasteiger partial charge on any atom is -0.489 e. The van der Waals surface area contributed by atoms with Crippen LogP contribution in [-0.2, 0) is 14.4 Å². The standard InChI is InChI=1S/C38H41Cl2N9O4S/c1-23-24(2)54-38-35(23)36(26-7-9-27(40)10-8-26)44-29(37-46-45-25(3)49(37)38)20-32(50)42-14-4-5-15-43-33(51)22-47-17-18-53-31-19-28(11-12-30(31)47)48(16-6-13-41)34(52)21-39/h7-12,19,29H,4-6,14-18,20-22H2,1-3H3,(H,42,50)(H,43,51)/t29-/m0/s1. The number of aryl methyl sites for hydroxylation is 2. The molecule has 4 aromatic rings. The predicted octanol–water partition coefficient (Wildman–Crippen LogP) is 5.59. The van der Waals surface area contributed by atoms with Crippen LogP contribution >= 0.6 is 34.5 Å². The maximum Gasteiger partial charge on any atom is 0.241 e. The Morgan fingerprint density at radius 2 is 1.80 bits per heavy atom. The van der Waals surface area contributed by atoms with E-state index in [1.165, 1.54) is 9.78 Å². The van der Waals surface area contributed by atoms with E-state index in [1.807, 2.05) is 46.7 Å². The second kappa shape index (κ2) is 17.4. The van der Waals surface area contributed by atoms with Gasteiger partial charge in [0.1, 0.15) is 35.1 Å². The third kappa shape index (κ3) is 8.54. The molecule has 2 aliphatic rings. The number of amides is 3. The maximum absolute atomic E-state index is 13.3. The number of carbonyl (C=O) groups is 3. The first kappa shape index (κ1) is 38.7. The molecule has 0 spiro atoms. The summed E-state index contributed by atoms with van der Waals surface area (Å²) >= 11 is 13.7. The number of nitrogens with zero attached hydrogens (tertiary/aromatic N) is 7. The van der Waals surface area contributed by atoms with E-state index in [2.05, 4.69) is 40.7 Å². The van der Waals surface area contributed by atoms with Gasteiger partial charge in [-0.2, -0.15) is 5.26 Å². The fourth-order valence-electron chi connectivity index (χ4n) is 6.54. The van der Waals surface area contributed by atoms with Gasteiger partial charge in [0.25, 0.3) is 0 Å². The van der Waals surface area contributed by atoms with E-state index in [1.54, 1.807) is 23.5 Å². The van der Waals surface area contributed by atoms with Crippen molar-refractivity contribution < 1.29 is 19.1 Å². The largest absolute Gasteiger partial charge is 0.489 e. The van der Waals surface area contributed by atoms with Gasteiger partial charge in [0, 0.05) is 52.4 Å². The van der Waals surface area contributed by atoms with Gasteiger partial charge in [-0.15, -0.1) is 33.1 Å². The van der Waals surface area contributed by atoms with Crippen LogP contribution in [-0.4, -0.2) is 83.4 Å². The van der Waals surface area contributed by atoms with E-state index in [9.17, 15) is 14.4 Å². The lowest BCUT2D eigenvalue weighted by Gasteiger charge is -2.32. The van der Waals surface area contributed by atoms with Gasteiger partial charge in [-0.25, -0.2) is 0 Å². The predicted molar refractivity (Wildman–Crippen MR) is 211 cm³/mol. The summed E-state index contributed by atoms with van der Waals surface area (Å²) in [6.07, 6.45) is 1.62. The summed E-state index contributed by atoms with van der Waals surface area (Å²) in [6, 6.07) is 14.4. The van der Waals surface area contributed by atoms with E-state index in [4.69, 9.17) is 38.2 Å². The highest BCUT2D eigenvalue weighted by Gasteiger charge is 2.32. The number of hydrogen-bond acceptors (Lipinski definition) is 10. The van der Waals surface area contributed by atoms with Crippen LogP contribution in [0.2, 0.25) is 5.02 Å². The van der Waals surface area contributed by atoms with Gasteiger partial charge in [0.2, 0.25) is 17.7 Å². The average molecular weight is 791 g/mol. The third-order valence-corrected chi connectivity index (χ3v) is 11.1. The van der Waals surface area contributed by atoms with Gasteiger partial charge in [0.15, 0.2) is 5.82 Å². The molecule has 0 saturated heterocycles. The van der Waals surface area contributed by atoms with Crippen molar-refractivity contribution in [2.75, 3.05) is 55.0 Å². The molecule has 2 N–H and O–H groups in total. The first-order valence-corrected chi connectivity index (χ1v) is 19.5. The van der Waals surface area contributed by atoms with E-state index < -0.39 is 6.04 Å². The minimum atomic E-state index is -0.553. The molecule has 282 valence electrons. The first-order chi connectivity index (χ1) is 26.1. The number of thiophene rings is 1. The number of alkyl halides is 1. The van der Waals surface area contributed by atoms with E-state index >= 15 is 0 Å². The van der Waals surface area contributed by atoms with Gasteiger partial charge in [-0.05, 0) is 63.4 Å². The zero-order valence-electron chi connectivity index (χ0n) is 30.3. The van der Waals surface area contributed by atoms with Crippen molar-refractivity contribution in [2.45, 2.75) is 52.5 Å². The monoisotopic (exact) mass is 789 g/mol. The Balaban J connectivity index is 1.01. The number of unbranched alkanes of at least 4 members (excludes halogenated alkanes) is 1. The number of fused-ring (bicyclic) bond motifs is 4. The molecule has 16 heteroatoms. The van der Waals surface area contributed by atoms with Crippen molar-refractivity contribution in [3.63, 3.8) is 0 Å². The number of nitrogens with one attached hydrogen (secondary N) is 2. The molecule has 6 rings (SSSR count). The Hall–Kier alpha value is -4.97. The molecule has 0 fully saturated rings. The maximum atomic E-state index is 13.3. The van der Waals surface area contributed by atoms with Crippen molar-refractivity contribution in [3.05, 3.63) is 80.7 Å². The summed E-state index contributed by atoms with van der Waals surface area (Å²) in [5.41, 5.74) is 5.17. The highest BCUT2D eigenvalue weighted by molar-refractivity contribution is 7.15. The van der Waals surface area contributed by atoms with Crippen LogP contribution in [0, 0.1) is 32.1 Å². The normalized spacial score (nSPS) is 14.4. The second-order valence-corrected chi connectivity index (χ2v) is 14.9. The lowest BCUT2D eigenvalue weighted by atomic mass is 9.99. The number of halogens is 2. The number of aliphatic imine (C=N–C) groups is 1. The van der Waals surface area contributed by atoms with Crippen LogP contribution in [0.3, 0.4) is 0 Å². The molecular weight excluding hydrogens is 749 g/mol. The molecular formula is C38H41Cl2N9O4S. The summed E-state index contributed by atoms with van der Waals surface area (Å²) in [6.45, 7) is 8.26. The van der Waals surface area contributed by atoms with Crippen LogP contribution in [0.5, 0.6) is 5.75 Å². The van der Waals surface area contributed by atoms with Gasteiger partial charge in [-0.3, -0.25) is 23.9 Å². The molecule has 0 radical (unpaired) electrons. The van der Waals surface area contributed by atoms with Crippen molar-refractivity contribution in [3.8, 4) is 16.8 Å². The van der Waals surface area contributed by atoms with Crippen LogP contribution in [0.25, 0.3) is 5.00 Å². The molecule has 54 heavy (non-hydrogen) atoms. The number of rotatable bonds is 14. The van der Waals surface area contributed by atoms with Gasteiger partial charge < -0.3 is 25.2 Å². The summed E-state index contributed by atoms with van der Waals surface area (Å²) in [5.74, 6) is 1.12. The molecule has 0 saturated carbocycles. The number of ether oxygens (including phenoxy) is 1. The Bertz CT molecular complexity index is 2110. The van der Waals surface area contributed by atoms with Crippen LogP contribution < -0.4 is 25.2 Å². The molecule has 1 atom stereocenters. The van der Waals surface area contributed by atoms with Crippen molar-refractivity contribution in [2.24, 2.45) is 4.99 Å². The fourth-order valence-corrected chi connectivity index (χ4v) is 8.03. The number of anilines is 2. The smallest absolute Gasteiger partial charge is 0.241 e. The molecule has 3 amide bonds. The number of nitriles is 1. The highest BCUT2D eigenvalue weighted by atomic mass is 35.5. The molecule has 2 aromatic heterocycles. The molecule has 0 aliphatic carbocycles. The minimum absolute atomic E-state index is 0.0996. The summed E-state index contributed by atoms with van der Waals surface area (Å²) in [5, 5.41) is 25.5. The lowest BCUT2D eigenvalue weighted by molar-refractivity contribution is -0.122. The molecule has 2 aromatic carbocycles. The SMILES string of the molecule is Cc1sc2c(c1C)C(c1ccc(Cl)cc1)=N[C@@H](CC(=O)NCCCCNC(=O)CN1CCOc3cc(N(CCC#N)C(=O)CCl)ccc31)c1nnc(C)n1-2. The zero-order chi connectivity index (χ0) is 38.4. The third-order valence-electron chi connectivity index (χ3n) is 9.40. The van der Waals surface area contributed by atoms with Crippen LogP contribution in [0.4, 0.5) is 11.4 Å². The average Bonchev–Trinajstić information content (AvgIpc) is 3.64. The summed E-state index contributed by atoms with van der Waals surface area (Å²) in [7, 11) is 0. The molecule has 4 heterocycles. The zero-order valence-corrected chi connectivity index (χ0v) is 32.7. The molecule has 2 aliphatic heterocycles. The Morgan fingerprint density at radius 3 is 2.52 bits per heavy atom. The van der Waals surface area contributed by atoms with Crippen molar-refractivity contribution in [1.29, 1.82) is 5.26 Å². The number of aromatic nitrogens is 3. The quantitative estimate of drug-likeness (QED) is 0.124. The van der Waals surface area contributed by atoms with Crippen LogP contribution in [0.1, 0.15) is 64.9 Å².